The van der Waals surface area contributed by atoms with Crippen molar-refractivity contribution in [2.45, 2.75) is 51.6 Å². The number of nitrogens with zero attached hydrogens (tertiary/aromatic N) is 2. The number of ether oxygens (including phenoxy) is 1. The first-order chi connectivity index (χ1) is 19.3. The number of aromatic nitrogens is 2. The summed E-state index contributed by atoms with van der Waals surface area (Å²) in [7, 11) is 1.68. The molecule has 0 spiro atoms. The van der Waals surface area contributed by atoms with Gasteiger partial charge in [0.15, 0.2) is 0 Å². The van der Waals surface area contributed by atoms with E-state index in [1.54, 1.807) is 19.5 Å². The van der Waals surface area contributed by atoms with Gasteiger partial charge < -0.3 is 14.6 Å². The summed E-state index contributed by atoms with van der Waals surface area (Å²) in [5, 5.41) is 4.29. The van der Waals surface area contributed by atoms with Crippen molar-refractivity contribution < 1.29 is 9.53 Å². The van der Waals surface area contributed by atoms with Gasteiger partial charge in [0, 0.05) is 54.9 Å². The maximum atomic E-state index is 13.3. The molecule has 0 aliphatic carbocycles. The van der Waals surface area contributed by atoms with Crippen LogP contribution in [0.3, 0.4) is 0 Å². The number of nitrogens with one attached hydrogen (secondary N) is 1. The van der Waals surface area contributed by atoms with E-state index in [4.69, 9.17) is 4.74 Å². The average Bonchev–Trinajstić information content (AvgIpc) is 3.33. The van der Waals surface area contributed by atoms with Crippen molar-refractivity contribution in [3.05, 3.63) is 131 Å². The van der Waals surface area contributed by atoms with Crippen molar-refractivity contribution in [1.29, 1.82) is 0 Å². The molecule has 3 aromatic carbocycles. The topological polar surface area (TPSA) is 56.1 Å². The van der Waals surface area contributed by atoms with Gasteiger partial charge in [-0.3, -0.25) is 9.78 Å². The first-order valence-corrected chi connectivity index (χ1v) is 13.8. The van der Waals surface area contributed by atoms with Gasteiger partial charge in [-0.25, -0.2) is 0 Å². The van der Waals surface area contributed by atoms with E-state index in [0.717, 1.165) is 34.5 Å². The lowest BCUT2D eigenvalue weighted by Gasteiger charge is -2.22. The van der Waals surface area contributed by atoms with Gasteiger partial charge in [-0.2, -0.15) is 0 Å². The fraction of sp³-hybridized carbons (Fsp3) is 0.257. The molecule has 0 bridgehead atoms. The van der Waals surface area contributed by atoms with Crippen molar-refractivity contribution in [3.63, 3.8) is 0 Å². The van der Waals surface area contributed by atoms with Crippen molar-refractivity contribution in [2.24, 2.45) is 0 Å². The molecule has 5 rings (SSSR count). The van der Waals surface area contributed by atoms with Crippen molar-refractivity contribution in [1.82, 2.24) is 14.9 Å². The minimum absolute atomic E-state index is 0.0219. The third kappa shape index (κ3) is 6.26. The van der Waals surface area contributed by atoms with Crippen LogP contribution in [0.2, 0.25) is 0 Å². The van der Waals surface area contributed by atoms with Crippen LogP contribution in [0.1, 0.15) is 60.9 Å². The molecule has 0 fully saturated rings. The minimum atomic E-state index is -0.0894. The predicted octanol–water partition coefficient (Wildman–Crippen LogP) is 7.23. The van der Waals surface area contributed by atoms with Crippen molar-refractivity contribution in [3.8, 4) is 5.75 Å². The van der Waals surface area contributed by atoms with Gasteiger partial charge in [0.25, 0.3) is 0 Å². The van der Waals surface area contributed by atoms with E-state index in [9.17, 15) is 4.79 Å². The van der Waals surface area contributed by atoms with E-state index in [0.29, 0.717) is 13.0 Å². The van der Waals surface area contributed by atoms with Crippen LogP contribution in [0.5, 0.6) is 5.75 Å². The quantitative estimate of drug-likeness (QED) is 0.218. The summed E-state index contributed by atoms with van der Waals surface area (Å²) in [6, 6.07) is 29.3. The lowest BCUT2D eigenvalue weighted by atomic mass is 9.83. The van der Waals surface area contributed by atoms with Crippen LogP contribution in [0.25, 0.3) is 10.9 Å². The summed E-state index contributed by atoms with van der Waals surface area (Å²) in [5.74, 6) is 0.778. The molecule has 1 N–H and O–H groups in total. The van der Waals surface area contributed by atoms with Gasteiger partial charge in [0.2, 0.25) is 5.91 Å². The molecule has 40 heavy (non-hydrogen) atoms. The molecule has 1 amide bonds. The number of methoxy groups -OCH3 is 1. The zero-order chi connectivity index (χ0) is 28.1. The van der Waals surface area contributed by atoms with Gasteiger partial charge in [-0.1, -0.05) is 75.4 Å². The number of pyridine rings is 1. The third-order valence-electron chi connectivity index (χ3n) is 7.51. The van der Waals surface area contributed by atoms with E-state index in [-0.39, 0.29) is 17.2 Å². The standard InChI is InChI=1S/C35H37N3O2/c1-35(2,3)28-13-11-27(12-14-28)31(21-34(39)37-22-25-17-19-36-20-18-25)32-24-38(33-8-6-5-7-30(32)33)23-26-9-15-29(40-4)16-10-26/h5-20,24,31H,21-23H2,1-4H3,(H,37,39)/t31-/m0/s1. The summed E-state index contributed by atoms with van der Waals surface area (Å²) in [5.41, 5.74) is 7.01. The number of benzene rings is 3. The van der Waals surface area contributed by atoms with Gasteiger partial charge >= 0.3 is 0 Å². The second kappa shape index (κ2) is 11.8. The summed E-state index contributed by atoms with van der Waals surface area (Å²) in [6.07, 6.45) is 6.08. The molecule has 0 saturated heterocycles. The van der Waals surface area contributed by atoms with E-state index < -0.39 is 0 Å². The molecule has 0 aliphatic rings. The molecule has 2 heterocycles. The highest BCUT2D eigenvalue weighted by atomic mass is 16.5. The number of carbonyl (C=O) groups excluding carboxylic acids is 1. The summed E-state index contributed by atoms with van der Waals surface area (Å²) in [4.78, 5) is 17.4. The van der Waals surface area contributed by atoms with Gasteiger partial charge in [0.1, 0.15) is 5.75 Å². The Morgan fingerprint density at radius 3 is 2.27 bits per heavy atom. The van der Waals surface area contributed by atoms with Crippen molar-refractivity contribution >= 4 is 16.8 Å². The highest BCUT2D eigenvalue weighted by molar-refractivity contribution is 5.87. The largest absolute Gasteiger partial charge is 0.497 e. The molecule has 2 aromatic heterocycles. The maximum absolute atomic E-state index is 13.3. The van der Waals surface area contributed by atoms with Crippen LogP contribution in [-0.2, 0) is 23.3 Å². The van der Waals surface area contributed by atoms with E-state index in [1.807, 2.05) is 24.3 Å². The molecule has 5 nitrogen and oxygen atoms in total. The number of para-hydroxylation sites is 1. The average molecular weight is 532 g/mol. The molecule has 5 heteroatoms. The van der Waals surface area contributed by atoms with Crippen molar-refractivity contribution in [2.75, 3.05) is 7.11 Å². The zero-order valence-electron chi connectivity index (χ0n) is 23.7. The first kappa shape index (κ1) is 27.2. The lowest BCUT2D eigenvalue weighted by molar-refractivity contribution is -0.121. The Bertz CT molecular complexity index is 1560. The molecule has 5 aromatic rings. The minimum Gasteiger partial charge on any atom is -0.497 e. The highest BCUT2D eigenvalue weighted by Gasteiger charge is 2.24. The molecule has 204 valence electrons. The van der Waals surface area contributed by atoms with Crippen LogP contribution in [0, 0.1) is 0 Å². The molecule has 0 saturated carbocycles. The van der Waals surface area contributed by atoms with Crippen LogP contribution in [-0.4, -0.2) is 22.6 Å². The molecular weight excluding hydrogens is 494 g/mol. The number of rotatable bonds is 9. The SMILES string of the molecule is COc1ccc(Cn2cc([C@@H](CC(=O)NCc3ccncc3)c3ccc(C(C)(C)C)cc3)c3ccccc32)cc1. The Balaban J connectivity index is 1.50. The number of amides is 1. The second-order valence-electron chi connectivity index (χ2n) is 11.3. The Morgan fingerprint density at radius 2 is 1.60 bits per heavy atom. The van der Waals surface area contributed by atoms with Crippen LogP contribution in [0.4, 0.5) is 0 Å². The number of carbonyl (C=O) groups is 1. The number of hydrogen-bond acceptors (Lipinski definition) is 3. The Morgan fingerprint density at radius 1 is 0.900 bits per heavy atom. The Kier molecular flexibility index (Phi) is 8.01. The zero-order valence-corrected chi connectivity index (χ0v) is 23.7. The molecule has 1 atom stereocenters. The van der Waals surface area contributed by atoms with Crippen LogP contribution < -0.4 is 10.1 Å². The van der Waals surface area contributed by atoms with E-state index in [2.05, 4.69) is 102 Å². The Labute approximate surface area is 236 Å². The van der Waals surface area contributed by atoms with Crippen LogP contribution >= 0.6 is 0 Å². The highest BCUT2D eigenvalue weighted by Crippen LogP contribution is 2.36. The fourth-order valence-electron chi connectivity index (χ4n) is 5.19. The van der Waals surface area contributed by atoms with Crippen LogP contribution in [0.15, 0.2) is 104 Å². The van der Waals surface area contributed by atoms with Gasteiger partial charge in [0.05, 0.1) is 7.11 Å². The molecule has 0 aliphatic heterocycles. The summed E-state index contributed by atoms with van der Waals surface area (Å²) in [6.45, 7) is 7.88. The third-order valence-corrected chi connectivity index (χ3v) is 7.51. The predicted molar refractivity (Wildman–Crippen MR) is 162 cm³/mol. The van der Waals surface area contributed by atoms with Gasteiger partial charge in [-0.05, 0) is 63.6 Å². The van der Waals surface area contributed by atoms with E-state index >= 15 is 0 Å². The number of fused-ring (bicyclic) bond motifs is 1. The Hall–Kier alpha value is -4.38. The number of hydrogen-bond donors (Lipinski definition) is 1. The fourth-order valence-corrected chi connectivity index (χ4v) is 5.19. The molecule has 0 radical (unpaired) electrons. The van der Waals surface area contributed by atoms with E-state index in [1.165, 1.54) is 16.5 Å². The molecule has 0 unspecified atom stereocenters. The molecular formula is C35H37N3O2. The summed E-state index contributed by atoms with van der Waals surface area (Å²) < 4.78 is 7.63. The normalized spacial score (nSPS) is 12.3. The van der Waals surface area contributed by atoms with Gasteiger partial charge in [-0.15, -0.1) is 0 Å². The monoisotopic (exact) mass is 531 g/mol. The maximum Gasteiger partial charge on any atom is 0.221 e. The first-order valence-electron chi connectivity index (χ1n) is 13.8. The smallest absolute Gasteiger partial charge is 0.221 e. The summed E-state index contributed by atoms with van der Waals surface area (Å²) >= 11 is 0. The second-order valence-corrected chi connectivity index (χ2v) is 11.3. The lowest BCUT2D eigenvalue weighted by Crippen LogP contribution is -2.25.